The van der Waals surface area contributed by atoms with Crippen LogP contribution in [0.5, 0.6) is 5.75 Å². The molecule has 3 aromatic heterocycles. The lowest BCUT2D eigenvalue weighted by Gasteiger charge is -2.09. The highest BCUT2D eigenvalue weighted by atomic mass is 35.5. The number of amides is 1. The number of carbonyl (C=O) groups is 1. The van der Waals surface area contributed by atoms with Gasteiger partial charge in [-0.1, -0.05) is 29.3 Å². The van der Waals surface area contributed by atoms with Crippen molar-refractivity contribution in [3.63, 3.8) is 0 Å². The average molecular weight is 474 g/mol. The molecule has 0 unspecified atom stereocenters. The molecule has 1 amide bonds. The van der Waals surface area contributed by atoms with E-state index in [9.17, 15) is 4.79 Å². The minimum absolute atomic E-state index is 0.0550. The molecule has 32 heavy (non-hydrogen) atoms. The first-order valence-corrected chi connectivity index (χ1v) is 10.7. The summed E-state index contributed by atoms with van der Waals surface area (Å²) in [6.45, 7) is 5.51. The summed E-state index contributed by atoms with van der Waals surface area (Å²) >= 11 is 12.2. The van der Waals surface area contributed by atoms with Crippen LogP contribution < -0.4 is 10.1 Å². The largest absolute Gasteiger partial charge is 0.468 e. The van der Waals surface area contributed by atoms with Crippen molar-refractivity contribution in [1.82, 2.24) is 29.3 Å². The molecule has 11 heteroatoms. The Bertz CT molecular complexity index is 1220. The number of aryl methyl sites for hydroxylation is 1. The second kappa shape index (κ2) is 9.46. The molecule has 166 valence electrons. The quantitative estimate of drug-likeness (QED) is 0.412. The molecule has 0 saturated heterocycles. The third-order valence-corrected chi connectivity index (χ3v) is 5.46. The fourth-order valence-electron chi connectivity index (χ4n) is 3.15. The average Bonchev–Trinajstić information content (AvgIpc) is 3.49. The first-order chi connectivity index (χ1) is 15.4. The summed E-state index contributed by atoms with van der Waals surface area (Å²) in [4.78, 5) is 12.6. The first-order valence-electron chi connectivity index (χ1n) is 9.90. The Hall–Kier alpha value is -3.30. The van der Waals surface area contributed by atoms with E-state index in [0.717, 1.165) is 17.8 Å². The van der Waals surface area contributed by atoms with Gasteiger partial charge in [-0.3, -0.25) is 14.2 Å². The standard InChI is InChI=1S/C21H21Cl2N7O2/c1-3-30-14(2)15(9-25-30)11-29-12-16(10-24-29)26-21(31)19-7-8-28(27-19)13-32-20-17(22)5-4-6-18(20)23/h4-10,12H,3,11,13H2,1-2H3,(H,26,31). The molecule has 0 radical (unpaired) electrons. The molecule has 0 fully saturated rings. The maximum atomic E-state index is 12.6. The molecule has 0 aliphatic rings. The van der Waals surface area contributed by atoms with Crippen molar-refractivity contribution in [3.8, 4) is 5.75 Å². The number of benzene rings is 1. The topological polar surface area (TPSA) is 91.8 Å². The first kappa shape index (κ1) is 21.9. The van der Waals surface area contributed by atoms with Gasteiger partial charge in [0, 0.05) is 30.2 Å². The summed E-state index contributed by atoms with van der Waals surface area (Å²) < 4.78 is 10.8. The zero-order valence-corrected chi connectivity index (χ0v) is 19.0. The van der Waals surface area contributed by atoms with E-state index < -0.39 is 0 Å². The van der Waals surface area contributed by atoms with E-state index in [4.69, 9.17) is 27.9 Å². The van der Waals surface area contributed by atoms with Crippen molar-refractivity contribution in [2.75, 3.05) is 5.32 Å². The van der Waals surface area contributed by atoms with Gasteiger partial charge in [0.1, 0.15) is 0 Å². The number of aromatic nitrogens is 6. The van der Waals surface area contributed by atoms with Gasteiger partial charge in [-0.05, 0) is 32.0 Å². The highest BCUT2D eigenvalue weighted by molar-refractivity contribution is 6.37. The maximum absolute atomic E-state index is 12.6. The summed E-state index contributed by atoms with van der Waals surface area (Å²) in [5, 5.41) is 16.5. The number of carbonyl (C=O) groups excluding carboxylic acids is 1. The molecule has 1 N–H and O–H groups in total. The summed E-state index contributed by atoms with van der Waals surface area (Å²) in [6, 6.07) is 6.69. The van der Waals surface area contributed by atoms with E-state index in [1.54, 1.807) is 47.5 Å². The van der Waals surface area contributed by atoms with Crippen molar-refractivity contribution in [3.05, 3.63) is 76.0 Å². The lowest BCUT2D eigenvalue weighted by atomic mass is 10.2. The van der Waals surface area contributed by atoms with Crippen LogP contribution in [0, 0.1) is 6.92 Å². The lowest BCUT2D eigenvalue weighted by Crippen LogP contribution is -2.14. The summed E-state index contributed by atoms with van der Waals surface area (Å²) in [5.41, 5.74) is 2.99. The summed E-state index contributed by atoms with van der Waals surface area (Å²) in [6.07, 6.45) is 6.83. The molecule has 0 atom stereocenters. The van der Waals surface area contributed by atoms with Crippen LogP contribution in [0.15, 0.2) is 49.1 Å². The van der Waals surface area contributed by atoms with Gasteiger partial charge in [-0.2, -0.15) is 15.3 Å². The molecule has 4 rings (SSSR count). The molecular weight excluding hydrogens is 453 g/mol. The number of halogens is 2. The molecule has 0 aliphatic carbocycles. The van der Waals surface area contributed by atoms with Crippen molar-refractivity contribution >= 4 is 34.8 Å². The molecule has 0 bridgehead atoms. The SMILES string of the molecule is CCn1ncc(Cn2cc(NC(=O)c3ccn(COc4c(Cl)cccc4Cl)n3)cn2)c1C. The zero-order chi connectivity index (χ0) is 22.7. The Balaban J connectivity index is 1.35. The van der Waals surface area contributed by atoms with Crippen LogP contribution in [-0.2, 0) is 19.8 Å². The van der Waals surface area contributed by atoms with Crippen molar-refractivity contribution in [1.29, 1.82) is 0 Å². The van der Waals surface area contributed by atoms with Crippen LogP contribution >= 0.6 is 23.2 Å². The zero-order valence-electron chi connectivity index (χ0n) is 17.5. The predicted molar refractivity (Wildman–Crippen MR) is 121 cm³/mol. The van der Waals surface area contributed by atoms with Gasteiger partial charge < -0.3 is 10.1 Å². The summed E-state index contributed by atoms with van der Waals surface area (Å²) in [7, 11) is 0. The van der Waals surface area contributed by atoms with E-state index in [1.165, 1.54) is 4.68 Å². The van der Waals surface area contributed by atoms with E-state index in [2.05, 4.69) is 20.6 Å². The van der Waals surface area contributed by atoms with Gasteiger partial charge in [0.25, 0.3) is 5.91 Å². The van der Waals surface area contributed by atoms with Gasteiger partial charge in [0.2, 0.25) is 0 Å². The van der Waals surface area contributed by atoms with Crippen LogP contribution in [0.4, 0.5) is 5.69 Å². The molecule has 0 spiro atoms. The maximum Gasteiger partial charge on any atom is 0.276 e. The van der Waals surface area contributed by atoms with Gasteiger partial charge >= 0.3 is 0 Å². The molecule has 0 aliphatic heterocycles. The molecular formula is C21H21Cl2N7O2. The molecule has 9 nitrogen and oxygen atoms in total. The summed E-state index contributed by atoms with van der Waals surface area (Å²) in [5.74, 6) is 0.0125. The van der Waals surface area contributed by atoms with Crippen LogP contribution in [0.25, 0.3) is 0 Å². The number of anilines is 1. The van der Waals surface area contributed by atoms with Crippen LogP contribution in [0.3, 0.4) is 0 Å². The number of rotatable bonds is 8. The predicted octanol–water partition coefficient (Wildman–Crippen LogP) is 4.25. The number of ether oxygens (including phenoxy) is 1. The van der Waals surface area contributed by atoms with Crippen molar-refractivity contribution < 1.29 is 9.53 Å². The Kier molecular flexibility index (Phi) is 6.48. The third kappa shape index (κ3) is 4.79. The Morgan fingerprint density at radius 1 is 1.12 bits per heavy atom. The third-order valence-electron chi connectivity index (χ3n) is 4.86. The highest BCUT2D eigenvalue weighted by Gasteiger charge is 2.13. The lowest BCUT2D eigenvalue weighted by molar-refractivity contribution is 0.102. The number of hydrogen-bond donors (Lipinski definition) is 1. The fourth-order valence-corrected chi connectivity index (χ4v) is 3.66. The molecule has 3 heterocycles. The minimum Gasteiger partial charge on any atom is -0.468 e. The second-order valence-corrected chi connectivity index (χ2v) is 7.83. The Labute approximate surface area is 194 Å². The normalized spacial score (nSPS) is 11.0. The monoisotopic (exact) mass is 473 g/mol. The van der Waals surface area contributed by atoms with E-state index in [0.29, 0.717) is 28.0 Å². The number of para-hydroxylation sites is 1. The van der Waals surface area contributed by atoms with E-state index >= 15 is 0 Å². The Morgan fingerprint density at radius 2 is 1.91 bits per heavy atom. The second-order valence-electron chi connectivity index (χ2n) is 7.02. The highest BCUT2D eigenvalue weighted by Crippen LogP contribution is 2.32. The smallest absolute Gasteiger partial charge is 0.276 e. The fraction of sp³-hybridized carbons (Fsp3) is 0.238. The minimum atomic E-state index is -0.353. The molecule has 4 aromatic rings. The van der Waals surface area contributed by atoms with Crippen LogP contribution in [-0.4, -0.2) is 35.2 Å². The number of nitrogens with one attached hydrogen (secondary N) is 1. The van der Waals surface area contributed by atoms with Crippen LogP contribution in [0.2, 0.25) is 10.0 Å². The van der Waals surface area contributed by atoms with Gasteiger partial charge in [0.05, 0.1) is 34.7 Å². The van der Waals surface area contributed by atoms with Crippen molar-refractivity contribution in [2.45, 2.75) is 33.7 Å². The van der Waals surface area contributed by atoms with E-state index in [1.807, 2.05) is 24.7 Å². The van der Waals surface area contributed by atoms with Gasteiger partial charge in [-0.15, -0.1) is 0 Å². The Morgan fingerprint density at radius 3 is 2.62 bits per heavy atom. The van der Waals surface area contributed by atoms with Crippen molar-refractivity contribution in [2.24, 2.45) is 0 Å². The number of hydrogen-bond acceptors (Lipinski definition) is 5. The van der Waals surface area contributed by atoms with Gasteiger partial charge in [-0.25, -0.2) is 4.68 Å². The molecule has 1 aromatic carbocycles. The van der Waals surface area contributed by atoms with Gasteiger partial charge in [0.15, 0.2) is 18.2 Å². The number of nitrogens with zero attached hydrogens (tertiary/aromatic N) is 6. The van der Waals surface area contributed by atoms with E-state index in [-0.39, 0.29) is 18.3 Å². The molecule has 0 saturated carbocycles. The van der Waals surface area contributed by atoms with Crippen LogP contribution in [0.1, 0.15) is 28.7 Å².